The Balaban J connectivity index is 2.90. The molecule has 17 heavy (non-hydrogen) atoms. The van der Waals surface area contributed by atoms with Gasteiger partial charge in [0.15, 0.2) is 0 Å². The van der Waals surface area contributed by atoms with Crippen molar-refractivity contribution in [1.82, 2.24) is 4.72 Å². The Morgan fingerprint density at radius 3 is 2.71 bits per heavy atom. The molecule has 1 unspecified atom stereocenters. The lowest BCUT2D eigenvalue weighted by Gasteiger charge is -2.11. The number of sulfonamides is 1. The maximum atomic E-state index is 12.9. The van der Waals surface area contributed by atoms with Gasteiger partial charge in [0.1, 0.15) is 5.82 Å². The van der Waals surface area contributed by atoms with Gasteiger partial charge in [0.25, 0.3) is 0 Å². The van der Waals surface area contributed by atoms with E-state index in [0.717, 1.165) is 12.1 Å². The summed E-state index contributed by atoms with van der Waals surface area (Å²) in [6, 6.07) is 3.50. The molecule has 0 radical (unpaired) electrons. The summed E-state index contributed by atoms with van der Waals surface area (Å²) in [5.74, 6) is -0.478. The largest absolute Gasteiger partial charge is 0.241 e. The Bertz CT molecular complexity index is 493. The highest BCUT2D eigenvalue weighted by molar-refractivity contribution is 9.10. The van der Waals surface area contributed by atoms with Crippen LogP contribution in [0.1, 0.15) is 6.92 Å². The maximum Gasteiger partial charge on any atom is 0.241 e. The van der Waals surface area contributed by atoms with Gasteiger partial charge >= 0.3 is 0 Å². The Hall–Kier alpha value is -0.110. The molecule has 0 saturated carbocycles. The summed E-state index contributed by atoms with van der Waals surface area (Å²) in [6.07, 6.45) is 1.91. The van der Waals surface area contributed by atoms with Gasteiger partial charge in [-0.2, -0.15) is 11.8 Å². The summed E-state index contributed by atoms with van der Waals surface area (Å²) in [6.45, 7) is 2.26. The first-order valence-electron chi connectivity index (χ1n) is 4.84. The first-order valence-corrected chi connectivity index (χ1v) is 8.40. The van der Waals surface area contributed by atoms with E-state index in [9.17, 15) is 12.8 Å². The topological polar surface area (TPSA) is 46.2 Å². The lowest BCUT2D eigenvalue weighted by molar-refractivity contribution is 0.580. The van der Waals surface area contributed by atoms with Crippen molar-refractivity contribution < 1.29 is 12.8 Å². The van der Waals surface area contributed by atoms with Crippen LogP contribution < -0.4 is 4.72 Å². The summed E-state index contributed by atoms with van der Waals surface area (Å²) in [7, 11) is -3.59. The number of rotatable bonds is 5. The minimum absolute atomic E-state index is 0.0483. The lowest BCUT2D eigenvalue weighted by atomic mass is 10.3. The van der Waals surface area contributed by atoms with E-state index < -0.39 is 15.8 Å². The summed E-state index contributed by atoms with van der Waals surface area (Å²) < 4.78 is 39.4. The fraction of sp³-hybridized carbons (Fsp3) is 0.400. The normalized spacial score (nSPS) is 13.6. The van der Waals surface area contributed by atoms with Gasteiger partial charge in [-0.1, -0.05) is 6.92 Å². The maximum absolute atomic E-state index is 12.9. The van der Waals surface area contributed by atoms with Crippen molar-refractivity contribution >= 4 is 37.7 Å². The second-order valence-electron chi connectivity index (χ2n) is 3.47. The molecular formula is C10H13BrFNO2S2. The van der Waals surface area contributed by atoms with Crippen molar-refractivity contribution in [2.45, 2.75) is 17.1 Å². The van der Waals surface area contributed by atoms with Crippen LogP contribution in [0.4, 0.5) is 4.39 Å². The monoisotopic (exact) mass is 341 g/mol. The summed E-state index contributed by atoms with van der Waals surface area (Å²) >= 11 is 4.61. The molecule has 3 nitrogen and oxygen atoms in total. The highest BCUT2D eigenvalue weighted by Gasteiger charge is 2.18. The molecule has 0 aliphatic rings. The lowest BCUT2D eigenvalue weighted by Crippen LogP contribution is -2.29. The van der Waals surface area contributed by atoms with Crippen molar-refractivity contribution in [2.75, 3.05) is 12.8 Å². The first kappa shape index (κ1) is 14.9. The molecule has 1 aromatic rings. The molecule has 96 valence electrons. The van der Waals surface area contributed by atoms with E-state index in [1.54, 1.807) is 11.8 Å². The van der Waals surface area contributed by atoms with Crippen molar-refractivity contribution in [3.8, 4) is 0 Å². The SMILES string of the molecule is CSC(C)CNS(=O)(=O)c1ccc(F)cc1Br. The van der Waals surface area contributed by atoms with Gasteiger partial charge < -0.3 is 0 Å². The highest BCUT2D eigenvalue weighted by Crippen LogP contribution is 2.22. The molecule has 0 aliphatic carbocycles. The van der Waals surface area contributed by atoms with E-state index >= 15 is 0 Å². The molecule has 0 aromatic heterocycles. The van der Waals surface area contributed by atoms with Crippen LogP contribution in [0.5, 0.6) is 0 Å². The zero-order valence-corrected chi connectivity index (χ0v) is 12.6. The number of thioether (sulfide) groups is 1. The Kier molecular flexibility index (Phi) is 5.43. The predicted octanol–water partition coefficient (Wildman–Crippen LogP) is 2.62. The Morgan fingerprint density at radius 2 is 2.18 bits per heavy atom. The van der Waals surface area contributed by atoms with Gasteiger partial charge in [-0.25, -0.2) is 17.5 Å². The van der Waals surface area contributed by atoms with E-state index in [2.05, 4.69) is 20.7 Å². The fourth-order valence-electron chi connectivity index (χ4n) is 1.08. The van der Waals surface area contributed by atoms with E-state index in [4.69, 9.17) is 0 Å². The third-order valence-electron chi connectivity index (χ3n) is 2.15. The molecule has 1 aromatic carbocycles. The second-order valence-corrected chi connectivity index (χ2v) is 7.34. The predicted molar refractivity (Wildman–Crippen MR) is 72.3 cm³/mol. The molecule has 1 atom stereocenters. The van der Waals surface area contributed by atoms with Crippen LogP contribution in [0.2, 0.25) is 0 Å². The number of hydrogen-bond donors (Lipinski definition) is 1. The molecule has 0 spiro atoms. The molecule has 0 bridgehead atoms. The average molecular weight is 342 g/mol. The van der Waals surface area contributed by atoms with Crippen molar-refractivity contribution in [1.29, 1.82) is 0 Å². The van der Waals surface area contributed by atoms with Gasteiger partial charge in [-0.3, -0.25) is 0 Å². The van der Waals surface area contributed by atoms with E-state index in [0.29, 0.717) is 6.54 Å². The van der Waals surface area contributed by atoms with Crippen LogP contribution in [-0.4, -0.2) is 26.5 Å². The minimum Gasteiger partial charge on any atom is -0.210 e. The number of halogens is 2. The third-order valence-corrected chi connectivity index (χ3v) is 5.52. The number of hydrogen-bond acceptors (Lipinski definition) is 3. The highest BCUT2D eigenvalue weighted by atomic mass is 79.9. The second kappa shape index (κ2) is 6.17. The summed E-state index contributed by atoms with van der Waals surface area (Å²) in [5, 5.41) is 0.184. The molecule has 0 aliphatic heterocycles. The summed E-state index contributed by atoms with van der Waals surface area (Å²) in [5.41, 5.74) is 0. The summed E-state index contributed by atoms with van der Waals surface area (Å²) in [4.78, 5) is 0.0483. The molecule has 0 amide bonds. The van der Waals surface area contributed by atoms with Gasteiger partial charge in [-0.15, -0.1) is 0 Å². The van der Waals surface area contributed by atoms with Crippen LogP contribution in [-0.2, 0) is 10.0 Å². The molecule has 0 saturated heterocycles. The molecule has 7 heteroatoms. The van der Waals surface area contributed by atoms with Crippen LogP contribution in [0.25, 0.3) is 0 Å². The number of benzene rings is 1. The quantitative estimate of drug-likeness (QED) is 0.895. The van der Waals surface area contributed by atoms with Crippen molar-refractivity contribution in [3.05, 3.63) is 28.5 Å². The van der Waals surface area contributed by atoms with Crippen molar-refractivity contribution in [2.24, 2.45) is 0 Å². The zero-order chi connectivity index (χ0) is 13.1. The Morgan fingerprint density at radius 1 is 1.53 bits per heavy atom. The van der Waals surface area contributed by atoms with Crippen molar-refractivity contribution in [3.63, 3.8) is 0 Å². The van der Waals surface area contributed by atoms with E-state index in [1.165, 1.54) is 6.07 Å². The minimum atomic E-state index is -3.59. The molecule has 1 N–H and O–H groups in total. The molecular weight excluding hydrogens is 329 g/mol. The van der Waals surface area contributed by atoms with Gasteiger partial charge in [0, 0.05) is 16.3 Å². The fourth-order valence-corrected chi connectivity index (χ4v) is 3.61. The van der Waals surface area contributed by atoms with Gasteiger partial charge in [0.05, 0.1) is 4.90 Å². The van der Waals surface area contributed by atoms with Gasteiger partial charge in [0.2, 0.25) is 10.0 Å². The van der Waals surface area contributed by atoms with Crippen LogP contribution in [0.3, 0.4) is 0 Å². The third kappa shape index (κ3) is 4.24. The van der Waals surface area contributed by atoms with E-state index in [1.807, 2.05) is 13.2 Å². The number of nitrogens with one attached hydrogen (secondary N) is 1. The molecule has 0 heterocycles. The Labute approximate surface area is 113 Å². The molecule has 1 rings (SSSR count). The van der Waals surface area contributed by atoms with Crippen LogP contribution >= 0.6 is 27.7 Å². The molecule has 0 fully saturated rings. The average Bonchev–Trinajstić information content (AvgIpc) is 2.25. The van der Waals surface area contributed by atoms with Gasteiger partial charge in [-0.05, 0) is 40.4 Å². The first-order chi connectivity index (χ1) is 7.86. The van der Waals surface area contributed by atoms with Crippen LogP contribution in [0, 0.1) is 5.82 Å². The van der Waals surface area contributed by atoms with E-state index in [-0.39, 0.29) is 14.6 Å². The smallest absolute Gasteiger partial charge is 0.210 e. The zero-order valence-electron chi connectivity index (χ0n) is 9.41. The standard InChI is InChI=1S/C10H13BrFNO2S2/c1-7(16-2)6-13-17(14,15)10-4-3-8(12)5-9(10)11/h3-5,7,13H,6H2,1-2H3. The van der Waals surface area contributed by atoms with Crippen LogP contribution in [0.15, 0.2) is 27.6 Å².